The maximum Gasteiger partial charge on any atom is 0.161 e. The Kier molecular flexibility index (Phi) is 4.00. The maximum absolute atomic E-state index is 5.18. The predicted molar refractivity (Wildman–Crippen MR) is 97.4 cm³/mol. The summed E-state index contributed by atoms with van der Waals surface area (Å²) in [6, 6.07) is 17.5. The van der Waals surface area contributed by atoms with Crippen LogP contribution in [0.2, 0.25) is 0 Å². The van der Waals surface area contributed by atoms with Crippen molar-refractivity contribution in [1.29, 1.82) is 0 Å². The number of benzene rings is 2. The average Bonchev–Trinajstić information content (AvgIpc) is 3.10. The molecule has 4 rings (SSSR count). The minimum atomic E-state index is 0.563. The number of imidazole rings is 1. The van der Waals surface area contributed by atoms with Crippen LogP contribution in [0.25, 0.3) is 22.4 Å². The molecule has 0 aliphatic carbocycles. The highest BCUT2D eigenvalue weighted by atomic mass is 16.5. The van der Waals surface area contributed by atoms with Gasteiger partial charge in [0.1, 0.15) is 17.4 Å². The van der Waals surface area contributed by atoms with E-state index < -0.39 is 0 Å². The van der Waals surface area contributed by atoms with Crippen molar-refractivity contribution in [1.82, 2.24) is 19.9 Å². The van der Waals surface area contributed by atoms with Crippen LogP contribution in [0.4, 0.5) is 5.82 Å². The van der Waals surface area contributed by atoms with Gasteiger partial charge >= 0.3 is 0 Å². The quantitative estimate of drug-likeness (QED) is 0.584. The summed E-state index contributed by atoms with van der Waals surface area (Å²) in [6.45, 7) is 0.563. The van der Waals surface area contributed by atoms with Gasteiger partial charge in [0.2, 0.25) is 0 Å². The van der Waals surface area contributed by atoms with Gasteiger partial charge in [0, 0.05) is 11.8 Å². The molecule has 0 aliphatic rings. The molecule has 124 valence electrons. The zero-order valence-corrected chi connectivity index (χ0v) is 13.7. The third-order valence-electron chi connectivity index (χ3n) is 3.88. The molecule has 2 aromatic carbocycles. The van der Waals surface area contributed by atoms with Gasteiger partial charge in [0.05, 0.1) is 24.7 Å². The van der Waals surface area contributed by atoms with Crippen LogP contribution in [0.5, 0.6) is 5.75 Å². The highest BCUT2D eigenvalue weighted by molar-refractivity contribution is 5.74. The summed E-state index contributed by atoms with van der Waals surface area (Å²) in [5.74, 6) is 3.09. The predicted octanol–water partition coefficient (Wildman–Crippen LogP) is 3.64. The minimum absolute atomic E-state index is 0.563. The second-order valence-corrected chi connectivity index (χ2v) is 5.55. The fourth-order valence-electron chi connectivity index (χ4n) is 2.60. The molecule has 0 saturated heterocycles. The Morgan fingerprint density at radius 2 is 1.84 bits per heavy atom. The van der Waals surface area contributed by atoms with Crippen LogP contribution in [-0.4, -0.2) is 27.0 Å². The number of H-pyrrole nitrogens is 1. The molecule has 4 aromatic rings. The lowest BCUT2D eigenvalue weighted by atomic mass is 10.2. The molecule has 2 aromatic heterocycles. The minimum Gasteiger partial charge on any atom is -0.497 e. The van der Waals surface area contributed by atoms with Crippen molar-refractivity contribution in [3.05, 3.63) is 66.6 Å². The molecule has 25 heavy (non-hydrogen) atoms. The van der Waals surface area contributed by atoms with Crippen molar-refractivity contribution >= 4 is 16.9 Å². The first kappa shape index (κ1) is 15.1. The first-order valence-electron chi connectivity index (χ1n) is 7.97. The first-order chi connectivity index (χ1) is 12.3. The van der Waals surface area contributed by atoms with E-state index in [2.05, 4.69) is 25.3 Å². The van der Waals surface area contributed by atoms with Crippen molar-refractivity contribution in [2.75, 3.05) is 12.4 Å². The van der Waals surface area contributed by atoms with Gasteiger partial charge < -0.3 is 15.0 Å². The van der Waals surface area contributed by atoms with Crippen LogP contribution in [0.15, 0.2) is 60.8 Å². The number of nitrogens with zero attached hydrogens (tertiary/aromatic N) is 3. The van der Waals surface area contributed by atoms with Crippen molar-refractivity contribution < 1.29 is 4.74 Å². The number of aromatic nitrogens is 4. The molecule has 0 radical (unpaired) electrons. The lowest BCUT2D eigenvalue weighted by Crippen LogP contribution is -2.04. The molecule has 6 nitrogen and oxygen atoms in total. The Morgan fingerprint density at radius 1 is 1.00 bits per heavy atom. The molecule has 0 bridgehead atoms. The average molecular weight is 331 g/mol. The Hall–Kier alpha value is -3.41. The number of hydrogen-bond donors (Lipinski definition) is 2. The Balaban J connectivity index is 1.50. The summed E-state index contributed by atoms with van der Waals surface area (Å²) in [4.78, 5) is 16.7. The van der Waals surface area contributed by atoms with E-state index in [4.69, 9.17) is 4.74 Å². The normalized spacial score (nSPS) is 10.8. The van der Waals surface area contributed by atoms with Gasteiger partial charge in [-0.05, 0) is 42.5 Å². The third kappa shape index (κ3) is 3.28. The lowest BCUT2D eigenvalue weighted by molar-refractivity contribution is 0.415. The number of anilines is 1. The van der Waals surface area contributed by atoms with E-state index in [9.17, 15) is 0 Å². The fraction of sp³-hybridized carbons (Fsp3) is 0.105. The fourth-order valence-corrected chi connectivity index (χ4v) is 2.60. The number of aromatic amines is 1. The van der Waals surface area contributed by atoms with Crippen LogP contribution in [0.3, 0.4) is 0 Å². The third-order valence-corrected chi connectivity index (χ3v) is 3.88. The van der Waals surface area contributed by atoms with E-state index in [0.717, 1.165) is 34.0 Å². The topological polar surface area (TPSA) is 75.7 Å². The van der Waals surface area contributed by atoms with Crippen LogP contribution in [0.1, 0.15) is 5.82 Å². The number of para-hydroxylation sites is 2. The SMILES string of the molecule is COc1ccc(-c2nccc(NCc3nc4ccccc4[nH]3)n2)cc1. The van der Waals surface area contributed by atoms with Gasteiger partial charge in [-0.25, -0.2) is 15.0 Å². The van der Waals surface area contributed by atoms with Crippen LogP contribution in [0, 0.1) is 0 Å². The Bertz CT molecular complexity index is 961. The van der Waals surface area contributed by atoms with E-state index in [1.54, 1.807) is 13.3 Å². The van der Waals surface area contributed by atoms with E-state index in [1.807, 2.05) is 54.6 Å². The number of methoxy groups -OCH3 is 1. The summed E-state index contributed by atoms with van der Waals surface area (Å²) in [5, 5.41) is 3.29. The largest absolute Gasteiger partial charge is 0.497 e. The Morgan fingerprint density at radius 3 is 2.64 bits per heavy atom. The van der Waals surface area contributed by atoms with Crippen LogP contribution in [-0.2, 0) is 6.54 Å². The van der Waals surface area contributed by atoms with Gasteiger partial charge in [-0.2, -0.15) is 0 Å². The summed E-state index contributed by atoms with van der Waals surface area (Å²) >= 11 is 0. The summed E-state index contributed by atoms with van der Waals surface area (Å²) < 4.78 is 5.18. The van der Waals surface area contributed by atoms with Crippen LogP contribution < -0.4 is 10.1 Å². The number of nitrogens with one attached hydrogen (secondary N) is 2. The molecule has 0 amide bonds. The molecule has 0 aliphatic heterocycles. The summed E-state index contributed by atoms with van der Waals surface area (Å²) in [7, 11) is 1.65. The van der Waals surface area contributed by atoms with E-state index >= 15 is 0 Å². The summed E-state index contributed by atoms with van der Waals surface area (Å²) in [5.41, 5.74) is 2.93. The monoisotopic (exact) mass is 331 g/mol. The molecule has 0 spiro atoms. The smallest absolute Gasteiger partial charge is 0.161 e. The first-order valence-corrected chi connectivity index (χ1v) is 7.97. The maximum atomic E-state index is 5.18. The molecular formula is C19H17N5O. The molecule has 0 fully saturated rings. The molecule has 0 unspecified atom stereocenters. The Labute approximate surface area is 144 Å². The number of rotatable bonds is 5. The molecule has 0 atom stereocenters. The van der Waals surface area contributed by atoms with Gasteiger partial charge in [-0.1, -0.05) is 12.1 Å². The van der Waals surface area contributed by atoms with E-state index in [0.29, 0.717) is 12.4 Å². The lowest BCUT2D eigenvalue weighted by Gasteiger charge is -2.06. The van der Waals surface area contributed by atoms with Crippen molar-refractivity contribution in [2.45, 2.75) is 6.54 Å². The molecule has 0 saturated carbocycles. The second-order valence-electron chi connectivity index (χ2n) is 5.55. The van der Waals surface area contributed by atoms with Gasteiger partial charge in [0.15, 0.2) is 5.82 Å². The molecule has 6 heteroatoms. The van der Waals surface area contributed by atoms with E-state index in [1.165, 1.54) is 0 Å². The number of ether oxygens (including phenoxy) is 1. The van der Waals surface area contributed by atoms with Crippen molar-refractivity contribution in [3.63, 3.8) is 0 Å². The number of hydrogen-bond acceptors (Lipinski definition) is 5. The van der Waals surface area contributed by atoms with Crippen molar-refractivity contribution in [3.8, 4) is 17.1 Å². The molecule has 2 N–H and O–H groups in total. The molecular weight excluding hydrogens is 314 g/mol. The highest BCUT2D eigenvalue weighted by Crippen LogP contribution is 2.20. The second kappa shape index (κ2) is 6.60. The van der Waals surface area contributed by atoms with Crippen LogP contribution >= 0.6 is 0 Å². The zero-order valence-electron chi connectivity index (χ0n) is 13.7. The van der Waals surface area contributed by atoms with Gasteiger partial charge in [-0.3, -0.25) is 0 Å². The van der Waals surface area contributed by atoms with E-state index in [-0.39, 0.29) is 0 Å². The number of fused-ring (bicyclic) bond motifs is 1. The zero-order chi connectivity index (χ0) is 17.1. The standard InChI is InChI=1S/C19H17N5O/c1-25-14-8-6-13(7-9-14)19-20-11-10-17(24-19)21-12-18-22-15-4-2-3-5-16(15)23-18/h2-11H,12H2,1H3,(H,22,23)(H,20,21,24). The highest BCUT2D eigenvalue weighted by Gasteiger charge is 2.05. The van der Waals surface area contributed by atoms with Gasteiger partial charge in [0.25, 0.3) is 0 Å². The van der Waals surface area contributed by atoms with Crippen molar-refractivity contribution in [2.24, 2.45) is 0 Å². The summed E-state index contributed by atoms with van der Waals surface area (Å²) in [6.07, 6.45) is 1.74. The van der Waals surface area contributed by atoms with Gasteiger partial charge in [-0.15, -0.1) is 0 Å². The molecule has 2 heterocycles.